The highest BCUT2D eigenvalue weighted by Crippen LogP contribution is 2.16. The van der Waals surface area contributed by atoms with Gasteiger partial charge in [-0.15, -0.1) is 0 Å². The SMILES string of the molecule is CC/C=C\C[C@@H]1CCC(=O)O1. The molecule has 62 valence electrons. The molecule has 0 aromatic rings. The number of carbonyl (C=O) groups excluding carboxylic acids is 1. The molecule has 0 N–H and O–H groups in total. The van der Waals surface area contributed by atoms with Gasteiger partial charge in [-0.05, 0) is 12.8 Å². The van der Waals surface area contributed by atoms with Crippen molar-refractivity contribution >= 4 is 5.97 Å². The van der Waals surface area contributed by atoms with Gasteiger partial charge < -0.3 is 4.74 Å². The minimum absolute atomic E-state index is 0.0418. The Balaban J connectivity index is 2.18. The first-order valence-electron chi connectivity index (χ1n) is 4.17. The summed E-state index contributed by atoms with van der Waals surface area (Å²) in [5, 5.41) is 0. The van der Waals surface area contributed by atoms with Crippen molar-refractivity contribution in [2.24, 2.45) is 0 Å². The van der Waals surface area contributed by atoms with Crippen LogP contribution in [0.1, 0.15) is 32.6 Å². The summed E-state index contributed by atoms with van der Waals surface area (Å²) >= 11 is 0. The number of cyclic esters (lactones) is 1. The topological polar surface area (TPSA) is 26.3 Å². The van der Waals surface area contributed by atoms with E-state index >= 15 is 0 Å². The van der Waals surface area contributed by atoms with E-state index in [0.29, 0.717) is 6.42 Å². The fourth-order valence-corrected chi connectivity index (χ4v) is 1.16. The average molecular weight is 154 g/mol. The fourth-order valence-electron chi connectivity index (χ4n) is 1.16. The van der Waals surface area contributed by atoms with Crippen LogP contribution in [0.25, 0.3) is 0 Å². The van der Waals surface area contributed by atoms with Crippen LogP contribution in [0, 0.1) is 0 Å². The van der Waals surface area contributed by atoms with Crippen LogP contribution in [0.3, 0.4) is 0 Å². The summed E-state index contributed by atoms with van der Waals surface area (Å²) in [4.78, 5) is 10.6. The van der Waals surface area contributed by atoms with Gasteiger partial charge in [-0.2, -0.15) is 0 Å². The van der Waals surface area contributed by atoms with Gasteiger partial charge in [0.05, 0.1) is 0 Å². The molecule has 2 heteroatoms. The second-order valence-corrected chi connectivity index (χ2v) is 2.77. The Bertz CT molecular complexity index is 161. The molecule has 1 saturated heterocycles. The van der Waals surface area contributed by atoms with Crippen molar-refractivity contribution in [1.82, 2.24) is 0 Å². The maximum Gasteiger partial charge on any atom is 0.306 e. The van der Waals surface area contributed by atoms with Gasteiger partial charge in [0.1, 0.15) is 6.10 Å². The fraction of sp³-hybridized carbons (Fsp3) is 0.667. The van der Waals surface area contributed by atoms with Crippen LogP contribution in [0.5, 0.6) is 0 Å². The lowest BCUT2D eigenvalue weighted by atomic mass is 10.2. The van der Waals surface area contributed by atoms with Gasteiger partial charge in [0.2, 0.25) is 0 Å². The molecule has 1 rings (SSSR count). The maximum absolute atomic E-state index is 10.6. The number of rotatable bonds is 3. The molecule has 11 heavy (non-hydrogen) atoms. The molecule has 0 unspecified atom stereocenters. The second kappa shape index (κ2) is 4.16. The van der Waals surface area contributed by atoms with Crippen molar-refractivity contribution in [3.63, 3.8) is 0 Å². The predicted molar refractivity (Wildman–Crippen MR) is 43.2 cm³/mol. The first-order valence-corrected chi connectivity index (χ1v) is 4.17. The Labute approximate surface area is 67.2 Å². The van der Waals surface area contributed by atoms with Crippen molar-refractivity contribution in [3.8, 4) is 0 Å². The lowest BCUT2D eigenvalue weighted by Gasteiger charge is -2.03. The molecule has 0 saturated carbocycles. The van der Waals surface area contributed by atoms with Crippen LogP contribution in [-0.4, -0.2) is 12.1 Å². The molecule has 2 nitrogen and oxygen atoms in total. The Hall–Kier alpha value is -0.790. The van der Waals surface area contributed by atoms with E-state index in [2.05, 4.69) is 19.1 Å². The predicted octanol–water partition coefficient (Wildman–Crippen LogP) is 2.05. The first-order chi connectivity index (χ1) is 5.33. The summed E-state index contributed by atoms with van der Waals surface area (Å²) in [5.41, 5.74) is 0. The molecular weight excluding hydrogens is 140 g/mol. The third-order valence-corrected chi connectivity index (χ3v) is 1.77. The molecule has 0 spiro atoms. The van der Waals surface area contributed by atoms with Crippen LogP contribution in [0.2, 0.25) is 0 Å². The summed E-state index contributed by atoms with van der Waals surface area (Å²) in [6, 6.07) is 0. The second-order valence-electron chi connectivity index (χ2n) is 2.77. The van der Waals surface area contributed by atoms with Crippen molar-refractivity contribution in [2.75, 3.05) is 0 Å². The lowest BCUT2D eigenvalue weighted by molar-refractivity contribution is -0.141. The smallest absolute Gasteiger partial charge is 0.306 e. The quantitative estimate of drug-likeness (QED) is 0.459. The van der Waals surface area contributed by atoms with E-state index in [1.165, 1.54) is 0 Å². The van der Waals surface area contributed by atoms with Gasteiger partial charge in [-0.3, -0.25) is 4.79 Å². The van der Waals surface area contributed by atoms with Gasteiger partial charge in [-0.25, -0.2) is 0 Å². The van der Waals surface area contributed by atoms with Gasteiger partial charge in [-0.1, -0.05) is 19.1 Å². The molecule has 0 bridgehead atoms. The Morgan fingerprint density at radius 2 is 2.45 bits per heavy atom. The zero-order valence-electron chi connectivity index (χ0n) is 6.88. The van der Waals surface area contributed by atoms with E-state index in [0.717, 1.165) is 19.3 Å². The van der Waals surface area contributed by atoms with Crippen LogP contribution in [0.15, 0.2) is 12.2 Å². The van der Waals surface area contributed by atoms with Crippen molar-refractivity contribution in [2.45, 2.75) is 38.7 Å². The number of allylic oxidation sites excluding steroid dienone is 1. The highest BCUT2D eigenvalue weighted by Gasteiger charge is 2.21. The normalized spacial score (nSPS) is 24.5. The molecule has 1 atom stereocenters. The molecule has 1 heterocycles. The van der Waals surface area contributed by atoms with Crippen LogP contribution in [0.4, 0.5) is 0 Å². The molecule has 1 aliphatic rings. The average Bonchev–Trinajstić information content (AvgIpc) is 2.37. The number of esters is 1. The molecule has 0 aromatic heterocycles. The molecule has 0 aromatic carbocycles. The monoisotopic (exact) mass is 154 g/mol. The lowest BCUT2D eigenvalue weighted by Crippen LogP contribution is -2.04. The zero-order chi connectivity index (χ0) is 8.10. The minimum Gasteiger partial charge on any atom is -0.462 e. The van der Waals surface area contributed by atoms with E-state index in [4.69, 9.17) is 4.74 Å². The standard InChI is InChI=1S/C9H14O2/c1-2-3-4-5-8-6-7-9(10)11-8/h3-4,8H,2,5-7H2,1H3/b4-3-/t8-/m1/s1. The number of hydrogen-bond acceptors (Lipinski definition) is 2. The number of hydrogen-bond donors (Lipinski definition) is 0. The van der Waals surface area contributed by atoms with Crippen LogP contribution in [-0.2, 0) is 9.53 Å². The van der Waals surface area contributed by atoms with Crippen LogP contribution >= 0.6 is 0 Å². The van der Waals surface area contributed by atoms with Crippen molar-refractivity contribution in [1.29, 1.82) is 0 Å². The Morgan fingerprint density at radius 3 is 3.00 bits per heavy atom. The molecule has 1 aliphatic heterocycles. The summed E-state index contributed by atoms with van der Waals surface area (Å²) < 4.78 is 5.02. The molecule has 0 aliphatic carbocycles. The van der Waals surface area contributed by atoms with Crippen molar-refractivity contribution < 1.29 is 9.53 Å². The maximum atomic E-state index is 10.6. The molecule has 1 fully saturated rings. The number of ether oxygens (including phenoxy) is 1. The van der Waals surface area contributed by atoms with Gasteiger partial charge in [0.15, 0.2) is 0 Å². The summed E-state index contributed by atoms with van der Waals surface area (Å²) in [5.74, 6) is -0.0418. The van der Waals surface area contributed by atoms with Gasteiger partial charge >= 0.3 is 5.97 Å². The third-order valence-electron chi connectivity index (χ3n) is 1.77. The largest absolute Gasteiger partial charge is 0.462 e. The van der Waals surface area contributed by atoms with Crippen molar-refractivity contribution in [3.05, 3.63) is 12.2 Å². The third kappa shape index (κ3) is 2.74. The minimum atomic E-state index is -0.0418. The van der Waals surface area contributed by atoms with E-state index < -0.39 is 0 Å². The molecule has 0 amide bonds. The summed E-state index contributed by atoms with van der Waals surface area (Å²) in [6.07, 6.45) is 7.79. The number of carbonyl (C=O) groups is 1. The highest BCUT2D eigenvalue weighted by atomic mass is 16.5. The summed E-state index contributed by atoms with van der Waals surface area (Å²) in [7, 11) is 0. The Kier molecular flexibility index (Phi) is 3.14. The van der Waals surface area contributed by atoms with E-state index in [1.54, 1.807) is 0 Å². The van der Waals surface area contributed by atoms with E-state index in [1.807, 2.05) is 0 Å². The van der Waals surface area contributed by atoms with Crippen LogP contribution < -0.4 is 0 Å². The zero-order valence-corrected chi connectivity index (χ0v) is 6.88. The summed E-state index contributed by atoms with van der Waals surface area (Å²) in [6.45, 7) is 2.09. The van der Waals surface area contributed by atoms with Gasteiger partial charge in [0, 0.05) is 12.8 Å². The first kappa shape index (κ1) is 8.31. The molecule has 0 radical (unpaired) electrons. The van der Waals surface area contributed by atoms with E-state index in [9.17, 15) is 4.79 Å². The highest BCUT2D eigenvalue weighted by molar-refractivity contribution is 5.71. The van der Waals surface area contributed by atoms with Gasteiger partial charge in [0.25, 0.3) is 0 Å². The Morgan fingerprint density at radius 1 is 1.64 bits per heavy atom. The van der Waals surface area contributed by atoms with E-state index in [-0.39, 0.29) is 12.1 Å². The molecular formula is C9H14O2.